The van der Waals surface area contributed by atoms with Crippen molar-refractivity contribution in [2.24, 2.45) is 0 Å². The predicted molar refractivity (Wildman–Crippen MR) is 128 cm³/mol. The Kier molecular flexibility index (Phi) is 6.83. The molecule has 0 atom stereocenters. The van der Waals surface area contributed by atoms with E-state index in [0.717, 1.165) is 22.4 Å². The van der Waals surface area contributed by atoms with Gasteiger partial charge in [0.1, 0.15) is 18.1 Å². The van der Waals surface area contributed by atoms with Crippen LogP contribution in [0.3, 0.4) is 0 Å². The molecule has 2 aromatic heterocycles. The lowest BCUT2D eigenvalue weighted by Gasteiger charge is -2.10. The Morgan fingerprint density at radius 3 is 2.27 bits per heavy atom. The number of ether oxygens (including phenoxy) is 2. The van der Waals surface area contributed by atoms with Crippen molar-refractivity contribution in [3.8, 4) is 28.1 Å². The minimum absolute atomic E-state index is 0.285. The van der Waals surface area contributed by atoms with Gasteiger partial charge >= 0.3 is 5.97 Å². The number of carbonyl (C=O) groups excluding carboxylic acids is 1. The van der Waals surface area contributed by atoms with Crippen molar-refractivity contribution in [2.45, 2.75) is 33.3 Å². The number of carbonyl (C=O) groups is 1. The lowest BCUT2D eigenvalue weighted by atomic mass is 9.99. The third kappa shape index (κ3) is 5.12. The van der Waals surface area contributed by atoms with E-state index in [0.29, 0.717) is 29.5 Å². The Balaban J connectivity index is 1.57. The van der Waals surface area contributed by atoms with Crippen molar-refractivity contribution in [1.29, 1.82) is 0 Å². The maximum absolute atomic E-state index is 12.5. The fraction of sp³-hybridized carbons (Fsp3) is 0.222. The average molecular weight is 442 g/mol. The number of hydrogen-bond donors (Lipinski definition) is 1. The summed E-state index contributed by atoms with van der Waals surface area (Å²) in [6.07, 6.45) is 3.39. The summed E-state index contributed by atoms with van der Waals surface area (Å²) in [6.45, 7) is 6.91. The maximum atomic E-state index is 12.5. The van der Waals surface area contributed by atoms with E-state index in [9.17, 15) is 4.79 Å². The number of esters is 1. The molecule has 2 aromatic carbocycles. The molecular weight excluding hydrogens is 414 g/mol. The topological polar surface area (TPSA) is 77.1 Å². The van der Waals surface area contributed by atoms with Crippen LogP contribution in [0.4, 0.5) is 0 Å². The molecule has 6 heteroatoms. The van der Waals surface area contributed by atoms with Gasteiger partial charge in [0, 0.05) is 23.5 Å². The van der Waals surface area contributed by atoms with Crippen molar-refractivity contribution < 1.29 is 14.3 Å². The first-order valence-electron chi connectivity index (χ1n) is 11.0. The van der Waals surface area contributed by atoms with Gasteiger partial charge in [-0.2, -0.15) is 5.10 Å². The molecule has 0 radical (unpaired) electrons. The van der Waals surface area contributed by atoms with Crippen LogP contribution in [0.25, 0.3) is 22.4 Å². The van der Waals surface area contributed by atoms with Crippen LogP contribution in [-0.4, -0.2) is 27.8 Å². The second kappa shape index (κ2) is 10.1. The van der Waals surface area contributed by atoms with Gasteiger partial charge in [0.2, 0.25) is 0 Å². The molecule has 0 fully saturated rings. The highest BCUT2D eigenvalue weighted by Crippen LogP contribution is 2.34. The van der Waals surface area contributed by atoms with E-state index in [1.807, 2.05) is 36.4 Å². The van der Waals surface area contributed by atoms with Gasteiger partial charge in [0.15, 0.2) is 5.69 Å². The fourth-order valence-corrected chi connectivity index (χ4v) is 3.58. The molecule has 0 aliphatic heterocycles. The molecule has 4 aromatic rings. The van der Waals surface area contributed by atoms with Gasteiger partial charge in [-0.05, 0) is 53.8 Å². The normalized spacial score (nSPS) is 10.9. The van der Waals surface area contributed by atoms with E-state index in [1.165, 1.54) is 5.56 Å². The lowest BCUT2D eigenvalue weighted by molar-refractivity contribution is 0.0520. The fourth-order valence-electron chi connectivity index (χ4n) is 3.58. The van der Waals surface area contributed by atoms with Gasteiger partial charge in [-0.1, -0.05) is 50.2 Å². The van der Waals surface area contributed by atoms with Crippen LogP contribution in [0.5, 0.6) is 5.75 Å². The second-order valence-corrected chi connectivity index (χ2v) is 7.99. The third-order valence-corrected chi connectivity index (χ3v) is 5.39. The number of nitrogens with zero attached hydrogens (tertiary/aromatic N) is 2. The second-order valence-electron chi connectivity index (χ2n) is 7.99. The molecule has 1 N–H and O–H groups in total. The Morgan fingerprint density at radius 1 is 0.939 bits per heavy atom. The summed E-state index contributed by atoms with van der Waals surface area (Å²) in [6, 6.07) is 19.8. The SMILES string of the molecule is CCOC(=O)c1[nH]nc(-c2ccncc2)c1-c1ccc(OCc2ccc(C(C)C)cc2)cc1. The first-order chi connectivity index (χ1) is 16.1. The summed E-state index contributed by atoms with van der Waals surface area (Å²) in [7, 11) is 0. The number of aromatic nitrogens is 3. The summed E-state index contributed by atoms with van der Waals surface area (Å²) < 4.78 is 11.2. The standard InChI is InChI=1S/C27H27N3O3/c1-4-32-27(31)26-24(25(29-30-26)22-13-15-28-16-14-22)21-9-11-23(12-10-21)33-17-19-5-7-20(8-6-19)18(2)3/h5-16,18H,4,17H2,1-3H3,(H,29,30). The largest absolute Gasteiger partial charge is 0.489 e. The highest BCUT2D eigenvalue weighted by molar-refractivity contribution is 5.99. The molecule has 0 bridgehead atoms. The maximum Gasteiger partial charge on any atom is 0.357 e. The van der Waals surface area contributed by atoms with Gasteiger partial charge in [-0.3, -0.25) is 10.1 Å². The molecule has 0 unspecified atom stereocenters. The van der Waals surface area contributed by atoms with Gasteiger partial charge in [0.05, 0.1) is 6.61 Å². The van der Waals surface area contributed by atoms with Crippen LogP contribution >= 0.6 is 0 Å². The number of benzene rings is 2. The highest BCUT2D eigenvalue weighted by Gasteiger charge is 2.22. The quantitative estimate of drug-likeness (QED) is 0.339. The van der Waals surface area contributed by atoms with E-state index in [1.54, 1.807) is 19.3 Å². The summed E-state index contributed by atoms with van der Waals surface area (Å²) in [5, 5.41) is 7.25. The van der Waals surface area contributed by atoms with Gasteiger partial charge in [-0.15, -0.1) is 0 Å². The number of aromatic amines is 1. The van der Waals surface area contributed by atoms with Crippen LogP contribution in [0.15, 0.2) is 73.1 Å². The highest BCUT2D eigenvalue weighted by atomic mass is 16.5. The summed E-state index contributed by atoms with van der Waals surface area (Å²) in [4.78, 5) is 16.6. The number of nitrogens with one attached hydrogen (secondary N) is 1. The molecule has 2 heterocycles. The van der Waals surface area contributed by atoms with Gasteiger partial charge in [-0.25, -0.2) is 4.79 Å². The predicted octanol–water partition coefficient (Wildman–Crippen LogP) is 6.02. The summed E-state index contributed by atoms with van der Waals surface area (Å²) >= 11 is 0. The monoisotopic (exact) mass is 441 g/mol. The zero-order valence-electron chi connectivity index (χ0n) is 19.0. The van der Waals surface area contributed by atoms with Crippen molar-refractivity contribution in [3.05, 3.63) is 89.9 Å². The number of pyridine rings is 1. The van der Waals surface area contributed by atoms with Crippen LogP contribution in [0.1, 0.15) is 48.3 Å². The molecule has 0 aliphatic carbocycles. The molecule has 0 saturated heterocycles. The van der Waals surface area contributed by atoms with Crippen LogP contribution in [0.2, 0.25) is 0 Å². The Morgan fingerprint density at radius 2 is 1.64 bits per heavy atom. The smallest absolute Gasteiger partial charge is 0.357 e. The molecular formula is C27H27N3O3. The molecule has 0 saturated carbocycles. The lowest BCUT2D eigenvalue weighted by Crippen LogP contribution is -2.06. The van der Waals surface area contributed by atoms with E-state index in [2.05, 4.69) is 53.3 Å². The number of H-pyrrole nitrogens is 1. The molecule has 0 spiro atoms. The molecule has 33 heavy (non-hydrogen) atoms. The third-order valence-electron chi connectivity index (χ3n) is 5.39. The van der Waals surface area contributed by atoms with Crippen LogP contribution < -0.4 is 4.74 Å². The average Bonchev–Trinajstić information content (AvgIpc) is 3.29. The first-order valence-corrected chi connectivity index (χ1v) is 11.0. The van der Waals surface area contributed by atoms with Crippen molar-refractivity contribution >= 4 is 5.97 Å². The van der Waals surface area contributed by atoms with Crippen molar-refractivity contribution in [1.82, 2.24) is 15.2 Å². The summed E-state index contributed by atoms with van der Waals surface area (Å²) in [5.74, 6) is 0.816. The van der Waals surface area contributed by atoms with E-state index in [4.69, 9.17) is 9.47 Å². The van der Waals surface area contributed by atoms with E-state index < -0.39 is 5.97 Å². The van der Waals surface area contributed by atoms with Crippen molar-refractivity contribution in [3.63, 3.8) is 0 Å². The molecule has 6 nitrogen and oxygen atoms in total. The zero-order chi connectivity index (χ0) is 23.2. The molecule has 168 valence electrons. The Bertz CT molecular complexity index is 1200. The Labute approximate surface area is 193 Å². The molecule has 4 rings (SSSR count). The summed E-state index contributed by atoms with van der Waals surface area (Å²) in [5.41, 5.74) is 5.80. The number of rotatable bonds is 8. The zero-order valence-corrected chi connectivity index (χ0v) is 19.0. The van der Waals surface area contributed by atoms with Crippen LogP contribution in [-0.2, 0) is 11.3 Å². The molecule has 0 aliphatic rings. The Hall–Kier alpha value is -3.93. The van der Waals surface area contributed by atoms with Gasteiger partial charge < -0.3 is 9.47 Å². The van der Waals surface area contributed by atoms with E-state index in [-0.39, 0.29) is 6.61 Å². The van der Waals surface area contributed by atoms with Gasteiger partial charge in [0.25, 0.3) is 0 Å². The number of hydrogen-bond acceptors (Lipinski definition) is 5. The van der Waals surface area contributed by atoms with Crippen molar-refractivity contribution in [2.75, 3.05) is 6.61 Å². The molecule has 0 amide bonds. The minimum Gasteiger partial charge on any atom is -0.489 e. The first kappa shape index (κ1) is 22.3. The van der Waals surface area contributed by atoms with E-state index >= 15 is 0 Å². The van der Waals surface area contributed by atoms with Crippen LogP contribution in [0, 0.1) is 0 Å². The minimum atomic E-state index is -0.439.